The van der Waals surface area contributed by atoms with Crippen molar-refractivity contribution in [1.29, 1.82) is 0 Å². The Bertz CT molecular complexity index is 1990. The molecule has 3 nitrogen and oxygen atoms in total. The Balaban J connectivity index is 1.44. The summed E-state index contributed by atoms with van der Waals surface area (Å²) in [5, 5.41) is 0.789. The van der Waals surface area contributed by atoms with Gasteiger partial charge >= 0.3 is 304 Å². The van der Waals surface area contributed by atoms with E-state index in [0.717, 1.165) is 11.7 Å². The number of para-hydroxylation sites is 3. The SMILES string of the molecule is CP(C)(Cc1ccccc1OB(Oc1ccccc1)Oc1ccccc1)(c1ccccc1)C(c1ccccc1)(c1ccccc1)c1ccccc1. The van der Waals surface area contributed by atoms with Crippen molar-refractivity contribution in [2.24, 2.45) is 0 Å². The number of hydrogen-bond acceptors (Lipinski definition) is 3. The Morgan fingerprint density at radius 1 is 0.412 bits per heavy atom. The summed E-state index contributed by atoms with van der Waals surface area (Å²) in [5.74, 6) is 2.02. The van der Waals surface area contributed by atoms with Crippen molar-refractivity contribution in [3.05, 3.63) is 229 Å². The van der Waals surface area contributed by atoms with Gasteiger partial charge in [0.25, 0.3) is 0 Å². The molecule has 0 aliphatic heterocycles. The van der Waals surface area contributed by atoms with Crippen LogP contribution in [0.3, 0.4) is 0 Å². The summed E-state index contributed by atoms with van der Waals surface area (Å²) in [6.07, 6.45) is 0.730. The first kappa shape index (κ1) is 33.9. The third-order valence-corrected chi connectivity index (χ3v) is 16.2. The van der Waals surface area contributed by atoms with Crippen molar-refractivity contribution in [2.45, 2.75) is 11.3 Å². The second-order valence-electron chi connectivity index (χ2n) is 13.6. The summed E-state index contributed by atoms with van der Waals surface area (Å²) in [6, 6.07) is 71.9. The molecule has 7 rings (SSSR count). The minimum absolute atomic E-state index is 0.537. The molecule has 0 aromatic heterocycles. The predicted molar refractivity (Wildman–Crippen MR) is 215 cm³/mol. The normalized spacial score (nSPS) is 12.2. The van der Waals surface area contributed by atoms with Crippen molar-refractivity contribution in [3.63, 3.8) is 0 Å². The van der Waals surface area contributed by atoms with Crippen LogP contribution in [0.1, 0.15) is 22.3 Å². The minimum atomic E-state index is -3.30. The van der Waals surface area contributed by atoms with Crippen LogP contribution in [0.2, 0.25) is 0 Å². The van der Waals surface area contributed by atoms with Gasteiger partial charge in [-0.1, -0.05) is 0 Å². The van der Waals surface area contributed by atoms with Crippen LogP contribution >= 0.6 is 6.60 Å². The maximum absolute atomic E-state index is 6.79. The van der Waals surface area contributed by atoms with E-state index >= 15 is 0 Å². The van der Waals surface area contributed by atoms with Gasteiger partial charge in [-0.25, -0.2) is 0 Å². The average molecular weight is 685 g/mol. The van der Waals surface area contributed by atoms with Gasteiger partial charge in [0, 0.05) is 0 Å². The maximum atomic E-state index is 6.79. The Kier molecular flexibility index (Phi) is 9.80. The van der Waals surface area contributed by atoms with Crippen molar-refractivity contribution in [2.75, 3.05) is 13.3 Å². The molecule has 0 heterocycles. The van der Waals surface area contributed by atoms with Crippen molar-refractivity contribution >= 4 is 19.2 Å². The quantitative estimate of drug-likeness (QED) is 0.0688. The number of hydrogen-bond donors (Lipinski definition) is 0. The van der Waals surface area contributed by atoms with Crippen LogP contribution < -0.4 is 19.3 Å². The van der Waals surface area contributed by atoms with Gasteiger partial charge in [-0.2, -0.15) is 0 Å². The molecular weight excluding hydrogens is 642 g/mol. The van der Waals surface area contributed by atoms with Gasteiger partial charge in [0.15, 0.2) is 0 Å². The third kappa shape index (κ3) is 6.68. The first-order valence-electron chi connectivity index (χ1n) is 17.4. The van der Waals surface area contributed by atoms with E-state index in [9.17, 15) is 0 Å². The number of benzene rings is 7. The zero-order valence-corrected chi connectivity index (χ0v) is 30.0. The molecule has 0 fully saturated rings. The molecule has 0 radical (unpaired) electrons. The monoisotopic (exact) mass is 684 g/mol. The molecule has 252 valence electrons. The molecule has 0 aliphatic carbocycles. The van der Waals surface area contributed by atoms with E-state index in [2.05, 4.69) is 147 Å². The van der Waals surface area contributed by atoms with Crippen LogP contribution in [0.5, 0.6) is 17.2 Å². The van der Waals surface area contributed by atoms with Gasteiger partial charge in [-0.05, 0) is 0 Å². The van der Waals surface area contributed by atoms with E-state index in [1.54, 1.807) is 0 Å². The molecule has 0 saturated carbocycles. The van der Waals surface area contributed by atoms with Crippen LogP contribution in [0.4, 0.5) is 0 Å². The van der Waals surface area contributed by atoms with E-state index in [1.165, 1.54) is 22.0 Å². The van der Waals surface area contributed by atoms with Gasteiger partial charge in [0.2, 0.25) is 0 Å². The van der Waals surface area contributed by atoms with Crippen molar-refractivity contribution in [3.8, 4) is 17.2 Å². The Hall–Kier alpha value is -5.57. The van der Waals surface area contributed by atoms with Gasteiger partial charge in [-0.3, -0.25) is 0 Å². The van der Waals surface area contributed by atoms with Crippen molar-refractivity contribution < 1.29 is 14.0 Å². The first-order valence-corrected chi connectivity index (χ1v) is 20.7. The molecular formula is C46H42BO3P. The van der Waals surface area contributed by atoms with Crippen molar-refractivity contribution in [1.82, 2.24) is 0 Å². The Labute approximate surface area is 302 Å². The van der Waals surface area contributed by atoms with Crippen LogP contribution in [0, 0.1) is 0 Å². The molecule has 5 heteroatoms. The summed E-state index contributed by atoms with van der Waals surface area (Å²) in [7, 11) is -1.03. The predicted octanol–water partition coefficient (Wildman–Crippen LogP) is 10.8. The topological polar surface area (TPSA) is 27.7 Å². The zero-order valence-electron chi connectivity index (χ0n) is 29.1. The van der Waals surface area contributed by atoms with E-state index in [1.807, 2.05) is 72.8 Å². The average Bonchev–Trinajstić information content (AvgIpc) is 3.18. The molecule has 7 aromatic rings. The van der Waals surface area contributed by atoms with E-state index in [-0.39, 0.29) is 0 Å². The molecule has 51 heavy (non-hydrogen) atoms. The zero-order chi connectivity index (χ0) is 35.0. The summed E-state index contributed by atoms with van der Waals surface area (Å²) in [6.45, 7) is 1.79. The molecule has 0 aliphatic rings. The summed E-state index contributed by atoms with van der Waals surface area (Å²) in [5.41, 5.74) is 4.84. The van der Waals surface area contributed by atoms with Gasteiger partial charge in [0.1, 0.15) is 0 Å². The standard InChI is InChI=1S/C46H42BO3P/c1-51(2,44-34-19-8-20-35-44,46(39-24-9-3-10-25-39,40-26-11-4-12-27-40)41-28-13-5-14-29-41)37-38-23-21-22-36-45(38)50-47(48-42-30-15-6-16-31-42)49-43-32-17-7-18-33-43/h3-36H,37H2,1-2H3. The first-order chi connectivity index (χ1) is 25.0. The molecule has 0 bridgehead atoms. The Morgan fingerprint density at radius 2 is 0.765 bits per heavy atom. The fraction of sp³-hybridized carbons (Fsp3) is 0.0870. The second kappa shape index (κ2) is 14.7. The molecule has 0 atom stereocenters. The van der Waals surface area contributed by atoms with E-state index in [0.29, 0.717) is 17.2 Å². The van der Waals surface area contributed by atoms with E-state index in [4.69, 9.17) is 14.0 Å². The molecule has 0 unspecified atom stereocenters. The Morgan fingerprint density at radius 3 is 1.20 bits per heavy atom. The fourth-order valence-electron chi connectivity index (χ4n) is 7.75. The second-order valence-corrected chi connectivity index (χ2v) is 19.9. The van der Waals surface area contributed by atoms with Gasteiger partial charge in [-0.15, -0.1) is 0 Å². The molecule has 0 amide bonds. The number of rotatable bonds is 13. The summed E-state index contributed by atoms with van der Waals surface area (Å²) in [4.78, 5) is 0. The fourth-order valence-corrected chi connectivity index (χ4v) is 13.9. The summed E-state index contributed by atoms with van der Waals surface area (Å²) >= 11 is 0. The van der Waals surface area contributed by atoms with Crippen LogP contribution in [-0.4, -0.2) is 20.7 Å². The van der Waals surface area contributed by atoms with E-state index < -0.39 is 19.1 Å². The van der Waals surface area contributed by atoms with Gasteiger partial charge in [0.05, 0.1) is 0 Å². The molecule has 0 spiro atoms. The molecule has 7 aromatic carbocycles. The third-order valence-electron chi connectivity index (χ3n) is 10.0. The molecule has 0 saturated heterocycles. The van der Waals surface area contributed by atoms with Crippen LogP contribution in [0.15, 0.2) is 206 Å². The molecule has 0 N–H and O–H groups in total. The summed E-state index contributed by atoms with van der Waals surface area (Å²) < 4.78 is 19.5. The van der Waals surface area contributed by atoms with Crippen LogP contribution in [-0.2, 0) is 11.3 Å². The van der Waals surface area contributed by atoms with Crippen LogP contribution in [0.25, 0.3) is 0 Å². The van der Waals surface area contributed by atoms with Gasteiger partial charge < -0.3 is 0 Å².